The van der Waals surface area contributed by atoms with E-state index in [0.717, 1.165) is 68.3 Å². The normalized spacial score (nSPS) is 25.0. The van der Waals surface area contributed by atoms with Crippen molar-refractivity contribution in [1.82, 2.24) is 15.2 Å². The highest BCUT2D eigenvalue weighted by Crippen LogP contribution is 2.37. The van der Waals surface area contributed by atoms with Crippen LogP contribution in [0.25, 0.3) is 10.6 Å². The third-order valence-electron chi connectivity index (χ3n) is 5.72. The fourth-order valence-electron chi connectivity index (χ4n) is 4.30. The van der Waals surface area contributed by atoms with E-state index >= 15 is 0 Å². The second kappa shape index (κ2) is 10.2. The molecule has 2 atom stereocenters. The number of methoxy groups -OCH3 is 1. The van der Waals surface area contributed by atoms with E-state index in [-0.39, 0.29) is 36.3 Å². The van der Waals surface area contributed by atoms with Crippen LogP contribution in [0.1, 0.15) is 24.1 Å². The number of aliphatic hydroxyl groups is 1. The largest absolute Gasteiger partial charge is 0.497 e. The number of nitrogens with one attached hydrogen (secondary N) is 1. The molecule has 8 heteroatoms. The summed E-state index contributed by atoms with van der Waals surface area (Å²) in [6.45, 7) is 4.84. The van der Waals surface area contributed by atoms with Crippen LogP contribution < -0.4 is 10.1 Å². The minimum atomic E-state index is -0.180. The van der Waals surface area contributed by atoms with E-state index in [2.05, 4.69) is 21.3 Å². The predicted molar refractivity (Wildman–Crippen MR) is 119 cm³/mol. The van der Waals surface area contributed by atoms with E-state index in [1.165, 1.54) is 4.88 Å². The van der Waals surface area contributed by atoms with Crippen LogP contribution in [0.3, 0.4) is 0 Å². The molecule has 2 aromatic rings. The van der Waals surface area contributed by atoms with Crippen LogP contribution in [0.5, 0.6) is 5.75 Å². The lowest BCUT2D eigenvalue weighted by atomic mass is 9.72. The quantitative estimate of drug-likeness (QED) is 0.752. The van der Waals surface area contributed by atoms with Gasteiger partial charge in [0, 0.05) is 41.7 Å². The fourth-order valence-corrected chi connectivity index (χ4v) is 5.25. The number of aromatic nitrogens is 1. The van der Waals surface area contributed by atoms with E-state index < -0.39 is 0 Å². The van der Waals surface area contributed by atoms with Gasteiger partial charge in [-0.05, 0) is 44.5 Å². The molecule has 1 spiro atoms. The van der Waals surface area contributed by atoms with E-state index in [0.29, 0.717) is 0 Å². The second-order valence-electron chi connectivity index (χ2n) is 7.52. The van der Waals surface area contributed by atoms with Crippen molar-refractivity contribution in [2.75, 3.05) is 33.3 Å². The summed E-state index contributed by atoms with van der Waals surface area (Å²) < 4.78 is 5.32. The van der Waals surface area contributed by atoms with Gasteiger partial charge in [0.05, 0.1) is 13.2 Å². The van der Waals surface area contributed by atoms with Crippen LogP contribution >= 0.6 is 36.2 Å². The van der Waals surface area contributed by atoms with Crippen molar-refractivity contribution in [1.29, 1.82) is 0 Å². The van der Waals surface area contributed by atoms with Gasteiger partial charge in [-0.15, -0.1) is 36.2 Å². The van der Waals surface area contributed by atoms with Gasteiger partial charge >= 0.3 is 0 Å². The minimum absolute atomic E-state index is 0. The molecule has 0 amide bonds. The van der Waals surface area contributed by atoms with Gasteiger partial charge in [0.15, 0.2) is 0 Å². The molecule has 0 unspecified atom stereocenters. The zero-order chi connectivity index (χ0) is 18.0. The molecule has 156 valence electrons. The smallest absolute Gasteiger partial charge is 0.123 e. The number of benzene rings is 1. The Balaban J connectivity index is 0.00000140. The number of thiazole rings is 1. The Morgan fingerprint density at radius 3 is 3.04 bits per heavy atom. The first-order valence-electron chi connectivity index (χ1n) is 9.39. The number of aliphatic hydroxyl groups excluding tert-OH is 1. The van der Waals surface area contributed by atoms with Crippen molar-refractivity contribution < 1.29 is 9.84 Å². The average Bonchev–Trinajstić information content (AvgIpc) is 3.13. The van der Waals surface area contributed by atoms with E-state index in [4.69, 9.17) is 4.74 Å². The molecule has 5 nitrogen and oxygen atoms in total. The monoisotopic (exact) mass is 445 g/mol. The molecular weight excluding hydrogens is 417 g/mol. The number of nitrogens with zero attached hydrogens (tertiary/aromatic N) is 2. The SMILES string of the molecule is COc1cccc(-c2ncc(CN3CCC[C@]4(CNCC[C@@H]4O)C3)s2)c1.Cl.Cl. The molecule has 0 radical (unpaired) electrons. The second-order valence-corrected chi connectivity index (χ2v) is 8.64. The fraction of sp³-hybridized carbons (Fsp3) is 0.550. The first kappa shape index (κ1) is 23.4. The molecule has 4 rings (SSSR count). The minimum Gasteiger partial charge on any atom is -0.497 e. The van der Waals surface area contributed by atoms with E-state index in [1.807, 2.05) is 24.4 Å². The van der Waals surface area contributed by atoms with Crippen molar-refractivity contribution in [2.24, 2.45) is 5.41 Å². The molecular formula is C20H29Cl2N3O2S. The maximum atomic E-state index is 10.6. The molecule has 1 aromatic heterocycles. The van der Waals surface area contributed by atoms with Crippen LogP contribution in [-0.4, -0.2) is 54.4 Å². The van der Waals surface area contributed by atoms with Crippen LogP contribution in [0.2, 0.25) is 0 Å². The lowest BCUT2D eigenvalue weighted by molar-refractivity contribution is -0.0512. The lowest BCUT2D eigenvalue weighted by Gasteiger charge is -2.48. The van der Waals surface area contributed by atoms with Gasteiger partial charge in [-0.2, -0.15) is 0 Å². The van der Waals surface area contributed by atoms with Gasteiger partial charge in [0.25, 0.3) is 0 Å². The van der Waals surface area contributed by atoms with Crippen molar-refractivity contribution in [2.45, 2.75) is 31.9 Å². The predicted octanol–water partition coefficient (Wildman–Crippen LogP) is 3.60. The van der Waals surface area contributed by atoms with Crippen molar-refractivity contribution >= 4 is 36.2 Å². The van der Waals surface area contributed by atoms with Crippen LogP contribution in [0, 0.1) is 5.41 Å². The van der Waals surface area contributed by atoms with E-state index in [9.17, 15) is 5.11 Å². The number of hydrogen-bond donors (Lipinski definition) is 2. The standard InChI is InChI=1S/C20H27N3O2S.2ClH/c1-25-16-5-2-4-15(10-16)19-22-11-17(26-19)12-23-9-3-7-20(14-23)13-21-8-6-18(20)24;;/h2,4-5,10-11,18,21,24H,3,6-9,12-14H2,1H3;2*1H/t18-,20-;;/m0../s1. The first-order chi connectivity index (χ1) is 12.7. The molecule has 2 aliphatic rings. The third kappa shape index (κ3) is 4.99. The number of likely N-dealkylation sites (tertiary alicyclic amines) is 1. The third-order valence-corrected chi connectivity index (χ3v) is 6.75. The van der Waals surface area contributed by atoms with Crippen molar-refractivity contribution in [3.05, 3.63) is 35.3 Å². The Labute approximate surface area is 183 Å². The summed E-state index contributed by atoms with van der Waals surface area (Å²) in [6, 6.07) is 8.06. The summed E-state index contributed by atoms with van der Waals surface area (Å²) in [5.74, 6) is 0.857. The lowest BCUT2D eigenvalue weighted by Crippen LogP contribution is -2.57. The Hall–Kier alpha value is -0.890. The molecule has 0 saturated carbocycles. The molecule has 2 saturated heterocycles. The molecule has 28 heavy (non-hydrogen) atoms. The van der Waals surface area contributed by atoms with Crippen LogP contribution in [0.4, 0.5) is 0 Å². The van der Waals surface area contributed by atoms with E-state index in [1.54, 1.807) is 18.4 Å². The molecule has 2 fully saturated rings. The highest BCUT2D eigenvalue weighted by molar-refractivity contribution is 7.15. The molecule has 3 heterocycles. The van der Waals surface area contributed by atoms with Gasteiger partial charge in [-0.3, -0.25) is 4.90 Å². The van der Waals surface area contributed by atoms with Crippen LogP contribution in [-0.2, 0) is 6.54 Å². The molecule has 1 aromatic carbocycles. The number of halogens is 2. The summed E-state index contributed by atoms with van der Waals surface area (Å²) in [4.78, 5) is 8.39. The Morgan fingerprint density at radius 1 is 1.39 bits per heavy atom. The summed E-state index contributed by atoms with van der Waals surface area (Å²) in [5.41, 5.74) is 1.12. The van der Waals surface area contributed by atoms with Crippen LogP contribution in [0.15, 0.2) is 30.5 Å². The van der Waals surface area contributed by atoms with Crippen molar-refractivity contribution in [3.63, 3.8) is 0 Å². The number of hydrogen-bond acceptors (Lipinski definition) is 6. The Morgan fingerprint density at radius 2 is 2.25 bits per heavy atom. The van der Waals surface area contributed by atoms with Gasteiger partial charge in [-0.1, -0.05) is 12.1 Å². The summed E-state index contributed by atoms with van der Waals surface area (Å²) in [6.07, 6.45) is 4.96. The average molecular weight is 446 g/mol. The van der Waals surface area contributed by atoms with Gasteiger partial charge in [0.2, 0.25) is 0 Å². The maximum absolute atomic E-state index is 10.6. The van der Waals surface area contributed by atoms with Gasteiger partial charge in [-0.25, -0.2) is 4.98 Å². The summed E-state index contributed by atoms with van der Waals surface area (Å²) in [5, 5.41) is 15.1. The molecule has 2 aliphatic heterocycles. The number of ether oxygens (including phenoxy) is 1. The van der Waals surface area contributed by atoms with Gasteiger partial charge in [0.1, 0.15) is 10.8 Å². The highest BCUT2D eigenvalue weighted by Gasteiger charge is 2.43. The molecule has 0 bridgehead atoms. The Kier molecular flexibility index (Phi) is 8.55. The summed E-state index contributed by atoms with van der Waals surface area (Å²) >= 11 is 1.75. The number of piperidine rings is 2. The maximum Gasteiger partial charge on any atom is 0.123 e. The highest BCUT2D eigenvalue weighted by atomic mass is 35.5. The zero-order valence-corrected chi connectivity index (χ0v) is 18.5. The molecule has 2 N–H and O–H groups in total. The first-order valence-corrected chi connectivity index (χ1v) is 10.2. The molecule has 0 aliphatic carbocycles. The topological polar surface area (TPSA) is 57.6 Å². The Bertz CT molecular complexity index is 757. The number of rotatable bonds is 4. The zero-order valence-electron chi connectivity index (χ0n) is 16.1. The summed E-state index contributed by atoms with van der Waals surface area (Å²) in [7, 11) is 1.69. The van der Waals surface area contributed by atoms with Crippen molar-refractivity contribution in [3.8, 4) is 16.3 Å². The van der Waals surface area contributed by atoms with Gasteiger partial charge < -0.3 is 15.2 Å².